The van der Waals surface area contributed by atoms with Gasteiger partial charge in [-0.25, -0.2) is 0 Å². The Kier molecular flexibility index (Phi) is 4.71. The average molecular weight is 363 g/mol. The highest BCUT2D eigenvalue weighted by molar-refractivity contribution is 7.10. The van der Waals surface area contributed by atoms with Gasteiger partial charge in [-0.15, -0.1) is 11.3 Å². The molecule has 3 heterocycles. The fraction of sp³-hybridized carbons (Fsp3) is 0.238. The van der Waals surface area contributed by atoms with E-state index in [1.165, 1.54) is 10.4 Å². The summed E-state index contributed by atoms with van der Waals surface area (Å²) in [5.41, 5.74) is 4.59. The number of carbonyl (C=O) groups excluding carboxylic acids is 1. The van der Waals surface area contributed by atoms with Crippen LogP contribution in [0.25, 0.3) is 0 Å². The van der Waals surface area contributed by atoms with E-state index in [1.54, 1.807) is 24.5 Å². The molecule has 1 atom stereocenters. The highest BCUT2D eigenvalue weighted by Crippen LogP contribution is 2.40. The summed E-state index contributed by atoms with van der Waals surface area (Å²) < 4.78 is 0. The lowest BCUT2D eigenvalue weighted by atomic mass is 9.92. The van der Waals surface area contributed by atoms with Gasteiger partial charge in [-0.2, -0.15) is 0 Å². The maximum Gasteiger partial charge on any atom is 0.220 e. The fourth-order valence-electron chi connectivity index (χ4n) is 3.59. The number of benzene rings is 1. The van der Waals surface area contributed by atoms with Gasteiger partial charge in [0.25, 0.3) is 0 Å². The molecular formula is C21H21N3OS. The van der Waals surface area contributed by atoms with Crippen LogP contribution in [0.3, 0.4) is 0 Å². The molecule has 1 aromatic carbocycles. The third kappa shape index (κ3) is 3.22. The van der Waals surface area contributed by atoms with Crippen LogP contribution >= 0.6 is 11.3 Å². The Hall–Kier alpha value is -2.66. The van der Waals surface area contributed by atoms with Crippen molar-refractivity contribution >= 4 is 22.9 Å². The number of hydrogen-bond acceptors (Lipinski definition) is 4. The number of aromatic nitrogens is 1. The van der Waals surface area contributed by atoms with Crippen molar-refractivity contribution < 1.29 is 4.79 Å². The van der Waals surface area contributed by atoms with Crippen molar-refractivity contribution in [1.82, 2.24) is 9.88 Å². The molecule has 0 radical (unpaired) electrons. The summed E-state index contributed by atoms with van der Waals surface area (Å²) in [6.07, 6.45) is 4.59. The van der Waals surface area contributed by atoms with Crippen LogP contribution in [0.5, 0.6) is 0 Å². The largest absolute Gasteiger partial charge is 0.381 e. The number of para-hydroxylation sites is 1. The van der Waals surface area contributed by atoms with Gasteiger partial charge in [0.05, 0.1) is 6.04 Å². The molecule has 0 spiro atoms. The third-order valence-electron chi connectivity index (χ3n) is 4.83. The van der Waals surface area contributed by atoms with E-state index in [2.05, 4.69) is 39.9 Å². The minimum atomic E-state index is -0.0277. The Morgan fingerprint density at radius 3 is 2.92 bits per heavy atom. The standard InChI is InChI=1S/C21H21N3OS/c1-15(25)24-11-8-20-18(9-12-26-20)21(24)17-6-2-3-7-19(17)23-14-16-5-4-10-22-13-16/h2-7,9-10,12-13,21,23H,8,11,14H2,1H3. The van der Waals surface area contributed by atoms with Gasteiger partial charge in [0.15, 0.2) is 0 Å². The van der Waals surface area contributed by atoms with Gasteiger partial charge in [-0.05, 0) is 41.1 Å². The predicted octanol–water partition coefficient (Wildman–Crippen LogP) is 4.25. The van der Waals surface area contributed by atoms with E-state index in [4.69, 9.17) is 0 Å². The number of nitrogens with one attached hydrogen (secondary N) is 1. The summed E-state index contributed by atoms with van der Waals surface area (Å²) in [7, 11) is 0. The first-order valence-electron chi connectivity index (χ1n) is 8.79. The molecule has 5 heteroatoms. The highest BCUT2D eigenvalue weighted by Gasteiger charge is 2.32. The van der Waals surface area contributed by atoms with Gasteiger partial charge in [0.1, 0.15) is 0 Å². The average Bonchev–Trinajstić information content (AvgIpc) is 3.15. The topological polar surface area (TPSA) is 45.2 Å². The monoisotopic (exact) mass is 363 g/mol. The minimum Gasteiger partial charge on any atom is -0.381 e. The molecule has 0 fully saturated rings. The number of fused-ring (bicyclic) bond motifs is 1. The molecule has 1 amide bonds. The van der Waals surface area contributed by atoms with Crippen LogP contribution in [0, 0.1) is 0 Å². The lowest BCUT2D eigenvalue weighted by molar-refractivity contribution is -0.130. The lowest BCUT2D eigenvalue weighted by Gasteiger charge is -2.36. The second-order valence-corrected chi connectivity index (χ2v) is 7.47. The number of thiophene rings is 1. The smallest absolute Gasteiger partial charge is 0.220 e. The Morgan fingerprint density at radius 1 is 1.23 bits per heavy atom. The van der Waals surface area contributed by atoms with Crippen molar-refractivity contribution in [3.05, 3.63) is 81.8 Å². The molecule has 4 nitrogen and oxygen atoms in total. The maximum absolute atomic E-state index is 12.3. The van der Waals surface area contributed by atoms with E-state index in [1.807, 2.05) is 29.3 Å². The quantitative estimate of drug-likeness (QED) is 0.754. The van der Waals surface area contributed by atoms with Crippen LogP contribution in [-0.4, -0.2) is 22.3 Å². The van der Waals surface area contributed by atoms with Crippen LogP contribution in [0.1, 0.15) is 34.5 Å². The number of hydrogen-bond donors (Lipinski definition) is 1. The second-order valence-electron chi connectivity index (χ2n) is 6.47. The molecule has 1 N–H and O–H groups in total. The molecule has 4 rings (SSSR count). The zero-order chi connectivity index (χ0) is 17.9. The van der Waals surface area contributed by atoms with Crippen molar-refractivity contribution in [2.75, 3.05) is 11.9 Å². The van der Waals surface area contributed by atoms with Crippen LogP contribution in [0.2, 0.25) is 0 Å². The number of carbonyl (C=O) groups is 1. The summed E-state index contributed by atoms with van der Waals surface area (Å²) in [4.78, 5) is 19.9. The molecule has 0 aliphatic carbocycles. The molecule has 0 saturated carbocycles. The first kappa shape index (κ1) is 16.8. The number of pyridine rings is 1. The number of anilines is 1. The lowest BCUT2D eigenvalue weighted by Crippen LogP contribution is -2.38. The number of amides is 1. The van der Waals surface area contributed by atoms with Crippen molar-refractivity contribution in [2.45, 2.75) is 25.9 Å². The Morgan fingerprint density at radius 2 is 2.12 bits per heavy atom. The molecule has 132 valence electrons. The molecule has 1 aliphatic rings. The molecule has 26 heavy (non-hydrogen) atoms. The number of rotatable bonds is 4. The van der Waals surface area contributed by atoms with E-state index in [9.17, 15) is 4.79 Å². The molecule has 0 bridgehead atoms. The maximum atomic E-state index is 12.3. The minimum absolute atomic E-state index is 0.0277. The zero-order valence-electron chi connectivity index (χ0n) is 14.7. The molecule has 0 saturated heterocycles. The van der Waals surface area contributed by atoms with E-state index in [-0.39, 0.29) is 11.9 Å². The van der Waals surface area contributed by atoms with Crippen molar-refractivity contribution in [1.29, 1.82) is 0 Å². The normalized spacial score (nSPS) is 16.2. The van der Waals surface area contributed by atoms with Gasteiger partial charge in [-0.1, -0.05) is 24.3 Å². The highest BCUT2D eigenvalue weighted by atomic mass is 32.1. The van der Waals surface area contributed by atoms with E-state index in [0.717, 1.165) is 29.8 Å². The fourth-order valence-corrected chi connectivity index (χ4v) is 4.49. The zero-order valence-corrected chi connectivity index (χ0v) is 15.5. The summed E-state index contributed by atoms with van der Waals surface area (Å²) in [6, 6.07) is 14.4. The summed E-state index contributed by atoms with van der Waals surface area (Å²) in [5, 5.41) is 5.67. The molecule has 2 aromatic heterocycles. The molecule has 1 unspecified atom stereocenters. The molecule has 3 aromatic rings. The van der Waals surface area contributed by atoms with Crippen molar-refractivity contribution in [3.63, 3.8) is 0 Å². The molecular weight excluding hydrogens is 342 g/mol. The third-order valence-corrected chi connectivity index (χ3v) is 5.83. The summed E-state index contributed by atoms with van der Waals surface area (Å²) in [6.45, 7) is 3.13. The van der Waals surface area contributed by atoms with Gasteiger partial charge in [0.2, 0.25) is 5.91 Å². The number of nitrogens with zero attached hydrogens (tertiary/aromatic N) is 2. The first-order valence-corrected chi connectivity index (χ1v) is 9.67. The second kappa shape index (κ2) is 7.30. The van der Waals surface area contributed by atoms with Crippen LogP contribution in [0.15, 0.2) is 60.2 Å². The Balaban J connectivity index is 1.69. The molecule has 1 aliphatic heterocycles. The van der Waals surface area contributed by atoms with Crippen LogP contribution < -0.4 is 5.32 Å². The Bertz CT molecular complexity index is 906. The summed E-state index contributed by atoms with van der Waals surface area (Å²) in [5.74, 6) is 0.119. The van der Waals surface area contributed by atoms with Crippen LogP contribution in [-0.2, 0) is 17.8 Å². The van der Waals surface area contributed by atoms with E-state index >= 15 is 0 Å². The van der Waals surface area contributed by atoms with Gasteiger partial charge in [0, 0.05) is 48.5 Å². The van der Waals surface area contributed by atoms with Gasteiger partial charge < -0.3 is 10.2 Å². The van der Waals surface area contributed by atoms with E-state index in [0.29, 0.717) is 6.54 Å². The first-order chi connectivity index (χ1) is 12.7. The van der Waals surface area contributed by atoms with E-state index < -0.39 is 0 Å². The Labute approximate surface area is 157 Å². The summed E-state index contributed by atoms with van der Waals surface area (Å²) >= 11 is 1.79. The van der Waals surface area contributed by atoms with Crippen LogP contribution in [0.4, 0.5) is 5.69 Å². The SMILES string of the molecule is CC(=O)N1CCc2sccc2C1c1ccccc1NCc1cccnc1. The van der Waals surface area contributed by atoms with Gasteiger partial charge in [-0.3, -0.25) is 9.78 Å². The van der Waals surface area contributed by atoms with Crippen molar-refractivity contribution in [3.8, 4) is 0 Å². The predicted molar refractivity (Wildman–Crippen MR) is 105 cm³/mol. The van der Waals surface area contributed by atoms with Crippen molar-refractivity contribution in [2.24, 2.45) is 0 Å². The van der Waals surface area contributed by atoms with Gasteiger partial charge >= 0.3 is 0 Å².